The van der Waals surface area contributed by atoms with Crippen LogP contribution in [0.25, 0.3) is 50.3 Å². The van der Waals surface area contributed by atoms with Crippen LogP contribution < -0.4 is 0 Å². The van der Waals surface area contributed by atoms with Gasteiger partial charge in [-0.3, -0.25) is 0 Å². The van der Waals surface area contributed by atoms with Crippen LogP contribution in [0.15, 0.2) is 93.8 Å². The number of benzene rings is 5. The van der Waals surface area contributed by atoms with E-state index in [4.69, 9.17) is 4.42 Å². The van der Waals surface area contributed by atoms with E-state index in [0.717, 1.165) is 48.7 Å². The van der Waals surface area contributed by atoms with Gasteiger partial charge in [0.15, 0.2) is 0 Å². The summed E-state index contributed by atoms with van der Waals surface area (Å²) < 4.78 is 23.1. The molecule has 40 heavy (non-hydrogen) atoms. The first-order valence-corrected chi connectivity index (χ1v) is 14.5. The summed E-state index contributed by atoms with van der Waals surface area (Å²) in [5.74, 6) is -0.218. The monoisotopic (exact) mass is 582 g/mol. The molecule has 0 bridgehead atoms. The molecule has 0 radical (unpaired) electrons. The Hall–Kier alpha value is -3.95. The fraction of sp³-hybridized carbons (Fsp3) is 0.135. The number of fused-ring (bicyclic) bond motifs is 16. The predicted octanol–water partition coefficient (Wildman–Crippen LogP) is 10.4. The van der Waals surface area contributed by atoms with E-state index in [2.05, 4.69) is 103 Å². The number of halogens is 2. The van der Waals surface area contributed by atoms with Gasteiger partial charge in [-0.2, -0.15) is 0 Å². The standard InChI is InChI=1S/C37H24BrFO/c1-19-16-27-33(35-31(19)24-9-5-7-11-30(24)40-35)32-28(18-29(38)23-14-15-36(2,3)34(23)32)37(27)25-10-6-4-8-21(25)22-13-12-20(39)17-26(22)37/h4-18H,1-3H3. The predicted molar refractivity (Wildman–Crippen MR) is 164 cm³/mol. The van der Waals surface area contributed by atoms with Gasteiger partial charge in [-0.25, -0.2) is 4.39 Å². The molecule has 0 amide bonds. The van der Waals surface area contributed by atoms with Gasteiger partial charge in [-0.1, -0.05) is 96.5 Å². The molecule has 1 heterocycles. The van der Waals surface area contributed by atoms with E-state index < -0.39 is 5.41 Å². The minimum atomic E-state index is -0.660. The van der Waals surface area contributed by atoms with Crippen molar-refractivity contribution in [2.45, 2.75) is 31.6 Å². The molecule has 3 aliphatic carbocycles. The van der Waals surface area contributed by atoms with E-state index in [1.54, 1.807) is 12.1 Å². The minimum absolute atomic E-state index is 0.182. The second-order valence-corrected chi connectivity index (χ2v) is 12.9. The third-order valence-corrected chi connectivity index (χ3v) is 10.2. The SMILES string of the molecule is Cc1cc2c(c3oc4ccccc4c13)-c1c(cc(Br)c3c1C(C)(C)C=C3)C21c2ccccc2-c2ccc(F)cc21. The molecule has 9 rings (SSSR count). The smallest absolute Gasteiger partial charge is 0.143 e. The molecule has 0 saturated carbocycles. The number of rotatable bonds is 0. The molecular formula is C37H24BrFO. The maximum atomic E-state index is 15.2. The maximum absolute atomic E-state index is 15.2. The van der Waals surface area contributed by atoms with E-state index in [0.29, 0.717) is 0 Å². The van der Waals surface area contributed by atoms with Crippen molar-refractivity contribution in [3.05, 3.63) is 134 Å². The van der Waals surface area contributed by atoms with Crippen molar-refractivity contribution in [2.75, 3.05) is 0 Å². The van der Waals surface area contributed by atoms with Gasteiger partial charge < -0.3 is 4.42 Å². The lowest BCUT2D eigenvalue weighted by Crippen LogP contribution is -2.26. The molecule has 5 aromatic carbocycles. The first-order chi connectivity index (χ1) is 19.3. The Morgan fingerprint density at radius 2 is 1.52 bits per heavy atom. The number of hydrogen-bond donors (Lipinski definition) is 0. The van der Waals surface area contributed by atoms with Crippen molar-refractivity contribution in [3.63, 3.8) is 0 Å². The molecule has 0 fully saturated rings. The molecule has 1 nitrogen and oxygen atoms in total. The average molecular weight is 584 g/mol. The lowest BCUT2D eigenvalue weighted by atomic mass is 9.69. The van der Waals surface area contributed by atoms with Gasteiger partial charge in [0.25, 0.3) is 0 Å². The molecular weight excluding hydrogens is 559 g/mol. The molecule has 6 aromatic rings. The highest BCUT2D eigenvalue weighted by Gasteiger charge is 2.55. The molecule has 3 heteroatoms. The first-order valence-electron chi connectivity index (χ1n) is 13.7. The second-order valence-electron chi connectivity index (χ2n) is 12.0. The van der Waals surface area contributed by atoms with Crippen LogP contribution in [0, 0.1) is 12.7 Å². The van der Waals surface area contributed by atoms with Crippen LogP contribution in [0.4, 0.5) is 4.39 Å². The zero-order valence-electron chi connectivity index (χ0n) is 22.3. The van der Waals surface area contributed by atoms with Gasteiger partial charge in [0, 0.05) is 26.2 Å². The van der Waals surface area contributed by atoms with Crippen molar-refractivity contribution >= 4 is 43.9 Å². The van der Waals surface area contributed by atoms with E-state index in [1.165, 1.54) is 38.9 Å². The van der Waals surface area contributed by atoms with Crippen molar-refractivity contribution in [3.8, 4) is 22.3 Å². The van der Waals surface area contributed by atoms with Gasteiger partial charge in [-0.15, -0.1) is 0 Å². The third-order valence-electron chi connectivity index (χ3n) is 9.54. The van der Waals surface area contributed by atoms with Crippen LogP contribution in [0.3, 0.4) is 0 Å². The highest BCUT2D eigenvalue weighted by molar-refractivity contribution is 9.10. The first kappa shape index (κ1) is 22.8. The molecule has 0 N–H and O–H groups in total. The Morgan fingerprint density at radius 3 is 2.40 bits per heavy atom. The van der Waals surface area contributed by atoms with E-state index >= 15 is 4.39 Å². The zero-order valence-corrected chi connectivity index (χ0v) is 23.9. The van der Waals surface area contributed by atoms with Gasteiger partial charge in [0.2, 0.25) is 0 Å². The summed E-state index contributed by atoms with van der Waals surface area (Å²) in [6, 6.07) is 26.9. The number of hydrogen-bond acceptors (Lipinski definition) is 1. The lowest BCUT2D eigenvalue weighted by molar-refractivity contribution is 0.622. The molecule has 1 unspecified atom stereocenters. The molecule has 0 saturated heterocycles. The Bertz CT molecular complexity index is 2180. The molecule has 1 aromatic heterocycles. The number of furan rings is 1. The maximum Gasteiger partial charge on any atom is 0.143 e. The van der Waals surface area contributed by atoms with Crippen LogP contribution in [0.1, 0.15) is 52.8 Å². The molecule has 1 atom stereocenters. The van der Waals surface area contributed by atoms with Gasteiger partial charge in [0.1, 0.15) is 17.0 Å². The summed E-state index contributed by atoms with van der Waals surface area (Å²) in [6.45, 7) is 6.75. The van der Waals surface area contributed by atoms with E-state index in [9.17, 15) is 0 Å². The van der Waals surface area contributed by atoms with Crippen molar-refractivity contribution in [1.82, 2.24) is 0 Å². The van der Waals surface area contributed by atoms with Crippen molar-refractivity contribution in [2.24, 2.45) is 0 Å². The fourth-order valence-electron chi connectivity index (χ4n) is 8.05. The fourth-order valence-corrected chi connectivity index (χ4v) is 8.60. The minimum Gasteiger partial charge on any atom is -0.455 e. The summed E-state index contributed by atoms with van der Waals surface area (Å²) in [5, 5.41) is 2.29. The number of allylic oxidation sites excluding steroid dienone is 1. The third kappa shape index (κ3) is 2.46. The quantitative estimate of drug-likeness (QED) is 0.173. The highest BCUT2D eigenvalue weighted by atomic mass is 79.9. The summed E-state index contributed by atoms with van der Waals surface area (Å²) in [6.07, 6.45) is 4.54. The largest absolute Gasteiger partial charge is 0.455 e. The van der Waals surface area contributed by atoms with E-state index in [1.807, 2.05) is 12.1 Å². The summed E-state index contributed by atoms with van der Waals surface area (Å²) in [4.78, 5) is 0. The highest BCUT2D eigenvalue weighted by Crippen LogP contribution is 2.67. The van der Waals surface area contributed by atoms with Gasteiger partial charge in [0.05, 0.1) is 5.41 Å². The van der Waals surface area contributed by atoms with Gasteiger partial charge in [-0.05, 0) is 86.8 Å². The van der Waals surface area contributed by atoms with Crippen molar-refractivity contribution in [1.29, 1.82) is 0 Å². The molecule has 1 spiro atoms. The Morgan fingerprint density at radius 1 is 0.775 bits per heavy atom. The lowest BCUT2D eigenvalue weighted by Gasteiger charge is -2.31. The van der Waals surface area contributed by atoms with Crippen LogP contribution in [0.5, 0.6) is 0 Å². The van der Waals surface area contributed by atoms with Crippen LogP contribution in [-0.2, 0) is 10.8 Å². The molecule has 3 aliphatic rings. The summed E-state index contributed by atoms with van der Waals surface area (Å²) in [5.41, 5.74) is 13.8. The van der Waals surface area contributed by atoms with Crippen LogP contribution >= 0.6 is 15.9 Å². The summed E-state index contributed by atoms with van der Waals surface area (Å²) in [7, 11) is 0. The zero-order chi connectivity index (χ0) is 27.1. The number of aryl methyl sites for hydroxylation is 1. The summed E-state index contributed by atoms with van der Waals surface area (Å²) >= 11 is 3.97. The number of para-hydroxylation sites is 1. The van der Waals surface area contributed by atoms with Crippen LogP contribution in [0.2, 0.25) is 0 Å². The second kappa shape index (κ2) is 7.21. The average Bonchev–Trinajstić information content (AvgIpc) is 3.64. The Kier molecular flexibility index (Phi) is 4.12. The topological polar surface area (TPSA) is 13.1 Å². The van der Waals surface area contributed by atoms with Crippen LogP contribution in [-0.4, -0.2) is 0 Å². The van der Waals surface area contributed by atoms with Gasteiger partial charge >= 0.3 is 0 Å². The van der Waals surface area contributed by atoms with E-state index in [-0.39, 0.29) is 11.2 Å². The van der Waals surface area contributed by atoms with Crippen molar-refractivity contribution < 1.29 is 8.81 Å². The molecule has 0 aliphatic heterocycles. The Balaban J connectivity index is 1.59. The molecule has 192 valence electrons. The Labute approximate surface area is 240 Å². The normalized spacial score (nSPS) is 18.8.